The molecule has 1 aromatic carbocycles. The molecule has 9 nitrogen and oxygen atoms in total. The second kappa shape index (κ2) is 11.7. The van der Waals surface area contributed by atoms with Gasteiger partial charge in [-0.05, 0) is 86.8 Å². The van der Waals surface area contributed by atoms with Crippen molar-refractivity contribution in [1.82, 2.24) is 20.3 Å². The zero-order chi connectivity index (χ0) is 28.2. The zero-order valence-corrected chi connectivity index (χ0v) is 22.9. The summed E-state index contributed by atoms with van der Waals surface area (Å²) in [5.74, 6) is -0.384. The van der Waals surface area contributed by atoms with Crippen LogP contribution in [0.3, 0.4) is 0 Å². The molecule has 204 valence electrons. The van der Waals surface area contributed by atoms with Gasteiger partial charge in [0.15, 0.2) is 0 Å². The Kier molecular flexibility index (Phi) is 8.39. The maximum atomic E-state index is 13.6. The Labute approximate surface area is 228 Å². The summed E-state index contributed by atoms with van der Waals surface area (Å²) < 4.78 is 30.6. The molecule has 2 amide bonds. The van der Waals surface area contributed by atoms with E-state index in [1.54, 1.807) is 51.4 Å². The number of anilines is 1. The molecule has 0 aliphatic rings. The summed E-state index contributed by atoms with van der Waals surface area (Å²) in [6.45, 7) is 5.16. The number of alkyl carbamates (subject to hydrolysis) is 1. The molecule has 39 heavy (non-hydrogen) atoms. The standard InChI is InChI=1S/C28H30FN5O4S/c1-28(2,3)38-27(36)31-21(13-16-39(4)37)26(35)33-22-10-9-20-23(17-11-14-30-15-12-17)24(34-25(20)32-22)18-5-7-19(29)8-6-18/h5-12,14-15,21H,13,16H2,1-4H3,(H,31,36)(H2,32,33,34,35). The van der Waals surface area contributed by atoms with Gasteiger partial charge in [-0.1, -0.05) is 0 Å². The minimum absolute atomic E-state index is 0.153. The molecule has 3 heterocycles. The fourth-order valence-corrected chi connectivity index (χ4v) is 4.58. The molecule has 0 aliphatic carbocycles. The lowest BCUT2D eigenvalue weighted by Gasteiger charge is -2.23. The van der Waals surface area contributed by atoms with Crippen molar-refractivity contribution >= 4 is 39.7 Å². The van der Waals surface area contributed by atoms with Gasteiger partial charge < -0.3 is 20.4 Å². The average molecular weight is 552 g/mol. The van der Waals surface area contributed by atoms with Crippen LogP contribution >= 0.6 is 0 Å². The van der Waals surface area contributed by atoms with Crippen LogP contribution in [0.4, 0.5) is 15.0 Å². The Morgan fingerprint density at radius 3 is 2.38 bits per heavy atom. The third-order valence-corrected chi connectivity index (χ3v) is 6.52. The van der Waals surface area contributed by atoms with Crippen LogP contribution in [-0.2, 0) is 20.3 Å². The predicted molar refractivity (Wildman–Crippen MR) is 150 cm³/mol. The topological polar surface area (TPSA) is 126 Å². The van der Waals surface area contributed by atoms with Crippen molar-refractivity contribution in [2.75, 3.05) is 17.3 Å². The molecule has 4 aromatic rings. The minimum Gasteiger partial charge on any atom is -0.444 e. The van der Waals surface area contributed by atoms with E-state index < -0.39 is 34.4 Å². The molecule has 11 heteroatoms. The predicted octanol–water partition coefficient (Wildman–Crippen LogP) is 5.03. The maximum Gasteiger partial charge on any atom is 0.408 e. The fraction of sp³-hybridized carbons (Fsp3) is 0.286. The summed E-state index contributed by atoms with van der Waals surface area (Å²) in [4.78, 5) is 37.5. The van der Waals surface area contributed by atoms with Gasteiger partial charge >= 0.3 is 6.09 Å². The number of H-pyrrole nitrogens is 1. The summed E-state index contributed by atoms with van der Waals surface area (Å²) in [5.41, 5.74) is 3.02. The van der Waals surface area contributed by atoms with Crippen LogP contribution in [0, 0.1) is 5.82 Å². The molecule has 0 radical (unpaired) electrons. The molecule has 4 rings (SSSR count). The fourth-order valence-electron chi connectivity index (χ4n) is 4.01. The quantitative estimate of drug-likeness (QED) is 0.282. The third kappa shape index (κ3) is 7.26. The molecule has 0 bridgehead atoms. The number of nitrogens with zero attached hydrogens (tertiary/aromatic N) is 2. The van der Waals surface area contributed by atoms with Crippen LogP contribution in [0.1, 0.15) is 27.2 Å². The molecule has 0 saturated carbocycles. The number of aromatic amines is 1. The van der Waals surface area contributed by atoms with Gasteiger partial charge in [-0.2, -0.15) is 0 Å². The number of halogens is 1. The Morgan fingerprint density at radius 2 is 1.74 bits per heavy atom. The van der Waals surface area contributed by atoms with Gasteiger partial charge in [0.2, 0.25) is 5.91 Å². The van der Waals surface area contributed by atoms with E-state index in [4.69, 9.17) is 4.74 Å². The largest absolute Gasteiger partial charge is 0.444 e. The molecule has 3 aromatic heterocycles. The molecule has 0 aliphatic heterocycles. The van der Waals surface area contributed by atoms with Crippen LogP contribution in [0.25, 0.3) is 33.4 Å². The van der Waals surface area contributed by atoms with Gasteiger partial charge in [0.05, 0.1) is 5.69 Å². The van der Waals surface area contributed by atoms with Gasteiger partial charge in [0, 0.05) is 46.2 Å². The second-order valence-corrected chi connectivity index (χ2v) is 11.5. The first kappa shape index (κ1) is 27.9. The van der Waals surface area contributed by atoms with Gasteiger partial charge in [0.25, 0.3) is 0 Å². The van der Waals surface area contributed by atoms with Crippen molar-refractivity contribution in [3.05, 3.63) is 66.7 Å². The number of carbonyl (C=O) groups excluding carboxylic acids is 2. The van der Waals surface area contributed by atoms with E-state index in [2.05, 4.69) is 25.6 Å². The molecule has 2 atom stereocenters. The van der Waals surface area contributed by atoms with Crippen molar-refractivity contribution in [3.63, 3.8) is 0 Å². The highest BCUT2D eigenvalue weighted by Gasteiger charge is 2.25. The number of carbonyl (C=O) groups is 2. The lowest BCUT2D eigenvalue weighted by atomic mass is 10.00. The van der Waals surface area contributed by atoms with Crippen molar-refractivity contribution < 1.29 is 22.9 Å². The number of rotatable bonds is 8. The van der Waals surface area contributed by atoms with Gasteiger partial charge in [0.1, 0.15) is 28.9 Å². The van der Waals surface area contributed by atoms with Crippen LogP contribution in [-0.4, -0.2) is 54.8 Å². The Bertz CT molecular complexity index is 1500. The van der Waals surface area contributed by atoms with Crippen molar-refractivity contribution in [2.45, 2.75) is 38.8 Å². The second-order valence-electron chi connectivity index (χ2n) is 9.96. The summed E-state index contributed by atoms with van der Waals surface area (Å²) in [6.07, 6.45) is 4.31. The van der Waals surface area contributed by atoms with Gasteiger partial charge in [-0.25, -0.2) is 14.2 Å². The number of pyridine rings is 2. The lowest BCUT2D eigenvalue weighted by Crippen LogP contribution is -2.46. The molecule has 3 N–H and O–H groups in total. The Morgan fingerprint density at radius 1 is 1.05 bits per heavy atom. The molecule has 0 fully saturated rings. The average Bonchev–Trinajstić information content (AvgIpc) is 3.25. The number of fused-ring (bicyclic) bond motifs is 1. The Hall–Kier alpha value is -4.12. The van der Waals surface area contributed by atoms with Crippen LogP contribution in [0.2, 0.25) is 0 Å². The van der Waals surface area contributed by atoms with E-state index >= 15 is 0 Å². The molecule has 0 saturated heterocycles. The first-order valence-corrected chi connectivity index (χ1v) is 14.0. The van der Waals surface area contributed by atoms with E-state index in [1.807, 2.05) is 18.2 Å². The normalized spacial score (nSPS) is 13.1. The van der Waals surface area contributed by atoms with Gasteiger partial charge in [-0.3, -0.25) is 14.0 Å². The highest BCUT2D eigenvalue weighted by molar-refractivity contribution is 7.84. The molecule has 2 unspecified atom stereocenters. The van der Waals surface area contributed by atoms with Crippen molar-refractivity contribution in [2.24, 2.45) is 0 Å². The first-order valence-electron chi connectivity index (χ1n) is 12.3. The first-order chi connectivity index (χ1) is 18.5. The van der Waals surface area contributed by atoms with Crippen LogP contribution in [0.5, 0.6) is 0 Å². The SMILES string of the molecule is CS(=O)CCC(NC(=O)OC(C)(C)C)C(=O)Nc1ccc2c(-c3ccncc3)c(-c3ccc(F)cc3)[nH]c2n1. The smallest absolute Gasteiger partial charge is 0.408 e. The number of amides is 2. The molecular weight excluding hydrogens is 521 g/mol. The highest BCUT2D eigenvalue weighted by Crippen LogP contribution is 2.38. The maximum absolute atomic E-state index is 13.6. The minimum atomic E-state index is -1.16. The molecule has 0 spiro atoms. The lowest BCUT2D eigenvalue weighted by molar-refractivity contribution is -0.118. The summed E-state index contributed by atoms with van der Waals surface area (Å²) in [5, 5.41) is 6.10. The van der Waals surface area contributed by atoms with E-state index in [-0.39, 0.29) is 23.8 Å². The highest BCUT2D eigenvalue weighted by atomic mass is 32.2. The van der Waals surface area contributed by atoms with Gasteiger partial charge in [-0.15, -0.1) is 0 Å². The number of benzene rings is 1. The van der Waals surface area contributed by atoms with E-state index in [9.17, 15) is 18.2 Å². The van der Waals surface area contributed by atoms with E-state index in [1.165, 1.54) is 18.4 Å². The summed E-state index contributed by atoms with van der Waals surface area (Å²) in [7, 11) is -1.16. The van der Waals surface area contributed by atoms with Crippen LogP contribution in [0.15, 0.2) is 60.9 Å². The number of ether oxygens (including phenoxy) is 1. The number of nitrogens with one attached hydrogen (secondary N) is 3. The number of aromatic nitrogens is 3. The van der Waals surface area contributed by atoms with E-state index in [0.717, 1.165) is 27.8 Å². The van der Waals surface area contributed by atoms with E-state index in [0.29, 0.717) is 5.65 Å². The third-order valence-electron chi connectivity index (χ3n) is 5.71. The van der Waals surface area contributed by atoms with Crippen molar-refractivity contribution in [3.8, 4) is 22.4 Å². The summed E-state index contributed by atoms with van der Waals surface area (Å²) in [6, 6.07) is 12.4. The Balaban J connectivity index is 1.65. The number of hydrogen-bond acceptors (Lipinski definition) is 6. The zero-order valence-electron chi connectivity index (χ0n) is 22.1. The number of hydrogen-bond donors (Lipinski definition) is 3. The summed E-state index contributed by atoms with van der Waals surface area (Å²) >= 11 is 0. The van der Waals surface area contributed by atoms with Crippen molar-refractivity contribution in [1.29, 1.82) is 0 Å². The molecular formula is C28H30FN5O4S. The monoisotopic (exact) mass is 551 g/mol. The van der Waals surface area contributed by atoms with Crippen LogP contribution < -0.4 is 10.6 Å².